The first-order chi connectivity index (χ1) is 29.6. The number of likely N-dealkylation sites (tertiary alicyclic amines) is 2. The molecule has 5 heterocycles. The van der Waals surface area contributed by atoms with Crippen molar-refractivity contribution in [3.8, 4) is 28.1 Å². The summed E-state index contributed by atoms with van der Waals surface area (Å²) in [4.78, 5) is 72.5. The lowest BCUT2D eigenvalue weighted by Crippen LogP contribution is -2.51. The van der Waals surface area contributed by atoms with E-state index in [4.69, 9.17) is 24.2 Å². The normalized spacial score (nSPS) is 18.0. The number of nitrogens with zero attached hydrogens (tertiary/aromatic N) is 4. The Labute approximate surface area is 352 Å². The maximum absolute atomic E-state index is 14.0. The summed E-state index contributed by atoms with van der Waals surface area (Å²) < 4.78 is 16.2. The molecule has 0 aliphatic carbocycles. The van der Waals surface area contributed by atoms with Crippen molar-refractivity contribution in [2.24, 2.45) is 5.92 Å². The van der Waals surface area contributed by atoms with Crippen molar-refractivity contribution in [2.45, 2.75) is 70.3 Å². The lowest BCUT2D eigenvalue weighted by Gasteiger charge is -2.29. The standard InChI is InChI=1S/C46H48N8O7/c1-25(2)37(51-45(57)59-3)43(55)54-21-9-13-36(54)42-48-33-19-18-32-30(39(33)50-42)16-17-31-29-15-14-27(22-28(29)24-61-40(31)32)34-23-47-41(49-34)35-12-8-20-53(35)44(56)38(52-46(58)60-4)26-10-6-5-7-11-26/h5-7,10-11,14-19,22-23,25,35-38H,8-9,12-13,20-21,24H2,1-4H3,(H,47,49)(H,48,50)(H,51,57)(H,52,58)/t35?,36-,37-,38?/m0/s1. The van der Waals surface area contributed by atoms with E-state index < -0.39 is 24.3 Å². The number of carbonyl (C=O) groups excluding carboxylic acids is 4. The Morgan fingerprint density at radius 3 is 2.21 bits per heavy atom. The molecule has 4 N–H and O–H groups in total. The summed E-state index contributed by atoms with van der Waals surface area (Å²) in [6.45, 7) is 5.29. The fourth-order valence-electron chi connectivity index (χ4n) is 9.12. The Hall–Kier alpha value is -6.90. The van der Waals surface area contributed by atoms with Gasteiger partial charge in [0.15, 0.2) is 0 Å². The third-order valence-corrected chi connectivity index (χ3v) is 12.2. The fraction of sp³-hybridized carbons (Fsp3) is 0.348. The van der Waals surface area contributed by atoms with Crippen LogP contribution in [-0.2, 0) is 25.7 Å². The molecule has 61 heavy (non-hydrogen) atoms. The van der Waals surface area contributed by atoms with Crippen LogP contribution >= 0.6 is 0 Å². The number of aromatic amines is 2. The maximum Gasteiger partial charge on any atom is 0.407 e. The molecule has 0 bridgehead atoms. The van der Waals surface area contributed by atoms with E-state index in [1.165, 1.54) is 14.2 Å². The molecule has 0 saturated carbocycles. The number of amides is 4. The molecule has 0 radical (unpaired) electrons. The number of hydrogen-bond acceptors (Lipinski definition) is 9. The molecule has 15 nitrogen and oxygen atoms in total. The molecule has 0 spiro atoms. The third kappa shape index (κ3) is 7.27. The number of ether oxygens (including phenoxy) is 3. The average molecular weight is 825 g/mol. The number of rotatable bonds is 9. The summed E-state index contributed by atoms with van der Waals surface area (Å²) in [6, 6.07) is 21.6. The minimum absolute atomic E-state index is 0.126. The second kappa shape index (κ2) is 16.3. The van der Waals surface area contributed by atoms with Crippen LogP contribution in [0.1, 0.15) is 80.4 Å². The van der Waals surface area contributed by atoms with E-state index in [1.807, 2.05) is 55.1 Å². The van der Waals surface area contributed by atoms with Gasteiger partial charge in [0.05, 0.1) is 49.2 Å². The number of H-pyrrole nitrogens is 2. The number of alkyl carbamates (subject to hydrolysis) is 2. The predicted octanol–water partition coefficient (Wildman–Crippen LogP) is 7.47. The molecule has 15 heteroatoms. The molecule has 2 aromatic heterocycles. The molecule has 4 aromatic carbocycles. The number of aromatic nitrogens is 4. The molecule has 9 rings (SSSR count). The molecule has 4 amide bonds. The van der Waals surface area contributed by atoms with Crippen LogP contribution in [0.5, 0.6) is 5.75 Å². The Bertz CT molecular complexity index is 2660. The van der Waals surface area contributed by atoms with Gasteiger partial charge in [0.1, 0.15) is 36.1 Å². The first-order valence-electron chi connectivity index (χ1n) is 20.7. The predicted molar refractivity (Wildman–Crippen MR) is 227 cm³/mol. The highest BCUT2D eigenvalue weighted by atomic mass is 16.5. The zero-order chi connectivity index (χ0) is 42.4. The first kappa shape index (κ1) is 39.6. The fourth-order valence-corrected chi connectivity index (χ4v) is 9.12. The number of imidazole rings is 2. The summed E-state index contributed by atoms with van der Waals surface area (Å²) in [5.74, 6) is 1.70. The van der Waals surface area contributed by atoms with E-state index in [0.717, 1.165) is 81.2 Å². The molecular weight excluding hydrogens is 777 g/mol. The highest BCUT2D eigenvalue weighted by molar-refractivity contribution is 6.09. The van der Waals surface area contributed by atoms with Crippen LogP contribution in [0.2, 0.25) is 0 Å². The van der Waals surface area contributed by atoms with Crippen LogP contribution in [0.25, 0.3) is 44.2 Å². The van der Waals surface area contributed by atoms with Crippen LogP contribution in [-0.4, -0.2) is 87.1 Å². The van der Waals surface area contributed by atoms with Crippen molar-refractivity contribution in [2.75, 3.05) is 27.3 Å². The van der Waals surface area contributed by atoms with Gasteiger partial charge < -0.3 is 44.6 Å². The Kier molecular flexibility index (Phi) is 10.6. The van der Waals surface area contributed by atoms with Crippen molar-refractivity contribution in [1.82, 2.24) is 40.4 Å². The van der Waals surface area contributed by atoms with E-state index in [2.05, 4.69) is 57.0 Å². The van der Waals surface area contributed by atoms with Gasteiger partial charge in [-0.1, -0.05) is 62.4 Å². The minimum Gasteiger partial charge on any atom is -0.488 e. The van der Waals surface area contributed by atoms with E-state index in [-0.39, 0.29) is 29.8 Å². The number of nitrogens with one attached hydrogen (secondary N) is 4. The van der Waals surface area contributed by atoms with E-state index in [9.17, 15) is 19.2 Å². The Morgan fingerprint density at radius 2 is 1.48 bits per heavy atom. The van der Waals surface area contributed by atoms with Crippen LogP contribution < -0.4 is 15.4 Å². The minimum atomic E-state index is -0.894. The van der Waals surface area contributed by atoms with Gasteiger partial charge in [-0.15, -0.1) is 0 Å². The van der Waals surface area contributed by atoms with Crippen molar-refractivity contribution in [1.29, 1.82) is 0 Å². The van der Waals surface area contributed by atoms with E-state index >= 15 is 0 Å². The molecule has 314 valence electrons. The van der Waals surface area contributed by atoms with Gasteiger partial charge in [0, 0.05) is 29.4 Å². The summed E-state index contributed by atoms with van der Waals surface area (Å²) in [5, 5.41) is 7.33. The lowest BCUT2D eigenvalue weighted by molar-refractivity contribution is -0.135. The number of carbonyl (C=O) groups is 4. The van der Waals surface area contributed by atoms with Gasteiger partial charge in [-0.2, -0.15) is 0 Å². The molecule has 3 aliphatic rings. The summed E-state index contributed by atoms with van der Waals surface area (Å²) in [7, 11) is 2.57. The van der Waals surface area contributed by atoms with Crippen molar-refractivity contribution >= 4 is 45.8 Å². The number of fused-ring (bicyclic) bond motifs is 7. The summed E-state index contributed by atoms with van der Waals surface area (Å²) >= 11 is 0. The average Bonchev–Trinajstić information content (AvgIpc) is 4.13. The van der Waals surface area contributed by atoms with Gasteiger partial charge in [0.25, 0.3) is 5.91 Å². The Balaban J connectivity index is 0.954. The van der Waals surface area contributed by atoms with E-state index in [1.54, 1.807) is 11.1 Å². The number of methoxy groups -OCH3 is 2. The SMILES string of the molecule is COC(=O)NC(C(=O)N1CCCC1c1ncc(-c2ccc3c(c2)COc2c-3ccc3c2ccc2[nH]c([C@@H]4CCCN4C(=O)[C@@H](NC(=O)OC)C(C)C)nc23)[nH]1)c1ccccc1. The third-order valence-electron chi connectivity index (χ3n) is 12.2. The van der Waals surface area contributed by atoms with Crippen molar-refractivity contribution < 1.29 is 33.4 Å². The molecule has 3 aliphatic heterocycles. The quantitative estimate of drug-likeness (QED) is 0.115. The van der Waals surface area contributed by atoms with Crippen LogP contribution in [0, 0.1) is 5.92 Å². The lowest BCUT2D eigenvalue weighted by atomic mass is 9.92. The molecule has 2 saturated heterocycles. The van der Waals surface area contributed by atoms with Gasteiger partial charge in [-0.05, 0) is 78.1 Å². The van der Waals surface area contributed by atoms with Gasteiger partial charge >= 0.3 is 12.2 Å². The molecule has 6 aromatic rings. The second-order valence-corrected chi connectivity index (χ2v) is 16.2. The molecule has 4 atom stereocenters. The largest absolute Gasteiger partial charge is 0.488 e. The van der Waals surface area contributed by atoms with Crippen LogP contribution in [0.3, 0.4) is 0 Å². The topological polar surface area (TPSA) is 184 Å². The van der Waals surface area contributed by atoms with Crippen molar-refractivity contribution in [3.05, 3.63) is 102 Å². The zero-order valence-electron chi connectivity index (χ0n) is 34.5. The van der Waals surface area contributed by atoms with Gasteiger partial charge in [-0.3, -0.25) is 9.59 Å². The van der Waals surface area contributed by atoms with Gasteiger partial charge in [-0.25, -0.2) is 19.6 Å². The smallest absolute Gasteiger partial charge is 0.407 e. The van der Waals surface area contributed by atoms with Crippen LogP contribution in [0.4, 0.5) is 9.59 Å². The zero-order valence-corrected chi connectivity index (χ0v) is 34.5. The summed E-state index contributed by atoms with van der Waals surface area (Å²) in [6.07, 6.45) is 3.62. The van der Waals surface area contributed by atoms with E-state index in [0.29, 0.717) is 36.9 Å². The molecule has 2 unspecified atom stereocenters. The number of benzene rings is 4. The summed E-state index contributed by atoms with van der Waals surface area (Å²) in [5.41, 5.74) is 7.22. The monoisotopic (exact) mass is 824 g/mol. The van der Waals surface area contributed by atoms with Crippen molar-refractivity contribution in [3.63, 3.8) is 0 Å². The number of hydrogen-bond donors (Lipinski definition) is 4. The molecular formula is C46H48N8O7. The second-order valence-electron chi connectivity index (χ2n) is 16.2. The van der Waals surface area contributed by atoms with Crippen LogP contribution in [0.15, 0.2) is 79.0 Å². The highest BCUT2D eigenvalue weighted by Crippen LogP contribution is 2.45. The highest BCUT2D eigenvalue weighted by Gasteiger charge is 2.39. The van der Waals surface area contributed by atoms with Gasteiger partial charge in [0.2, 0.25) is 5.91 Å². The first-order valence-corrected chi connectivity index (χ1v) is 20.7. The maximum atomic E-state index is 14.0. The Morgan fingerprint density at radius 1 is 0.787 bits per heavy atom. The molecule has 2 fully saturated rings.